The Morgan fingerprint density at radius 1 is 1.33 bits per heavy atom. The zero-order valence-electron chi connectivity index (χ0n) is 12.7. The van der Waals surface area contributed by atoms with Gasteiger partial charge < -0.3 is 15.5 Å². The molecule has 1 fully saturated rings. The second kappa shape index (κ2) is 7.22. The van der Waals surface area contributed by atoms with Gasteiger partial charge >= 0.3 is 0 Å². The van der Waals surface area contributed by atoms with Crippen molar-refractivity contribution in [1.82, 2.24) is 10.2 Å². The number of anilines is 1. The first kappa shape index (κ1) is 15.5. The molecule has 2 amide bonds. The number of nitrogens with zero attached hydrogens (tertiary/aromatic N) is 1. The van der Waals surface area contributed by atoms with Crippen LogP contribution in [0.4, 0.5) is 5.69 Å². The Labute approximate surface area is 125 Å². The van der Waals surface area contributed by atoms with Gasteiger partial charge in [-0.25, -0.2) is 0 Å². The summed E-state index contributed by atoms with van der Waals surface area (Å²) in [5.74, 6) is -0.0324. The van der Waals surface area contributed by atoms with Crippen LogP contribution in [0.25, 0.3) is 0 Å². The molecule has 1 aromatic carbocycles. The highest BCUT2D eigenvalue weighted by Gasteiger charge is 2.22. The molecule has 1 aliphatic heterocycles. The van der Waals surface area contributed by atoms with Crippen LogP contribution in [0.1, 0.15) is 37.0 Å². The zero-order valence-corrected chi connectivity index (χ0v) is 12.7. The summed E-state index contributed by atoms with van der Waals surface area (Å²) in [6, 6.07) is 7.02. The number of hydrogen-bond acceptors (Lipinski definition) is 3. The molecule has 5 nitrogen and oxygen atoms in total. The molecule has 0 spiro atoms. The zero-order chi connectivity index (χ0) is 15.2. The molecule has 21 heavy (non-hydrogen) atoms. The van der Waals surface area contributed by atoms with Gasteiger partial charge in [0.2, 0.25) is 5.91 Å². The smallest absolute Gasteiger partial charge is 0.253 e. The van der Waals surface area contributed by atoms with Crippen LogP contribution in [0.2, 0.25) is 0 Å². The van der Waals surface area contributed by atoms with Crippen molar-refractivity contribution in [3.8, 4) is 0 Å². The van der Waals surface area contributed by atoms with Crippen LogP contribution in [0.15, 0.2) is 24.3 Å². The van der Waals surface area contributed by atoms with Crippen molar-refractivity contribution in [2.24, 2.45) is 0 Å². The van der Waals surface area contributed by atoms with E-state index in [4.69, 9.17) is 0 Å². The first-order valence-corrected chi connectivity index (χ1v) is 7.59. The molecule has 0 saturated carbocycles. The summed E-state index contributed by atoms with van der Waals surface area (Å²) in [5.41, 5.74) is 1.28. The molecule has 114 valence electrons. The summed E-state index contributed by atoms with van der Waals surface area (Å²) in [7, 11) is 0. The molecular weight excluding hydrogens is 266 g/mol. The molecule has 0 aliphatic carbocycles. The lowest BCUT2D eigenvalue weighted by molar-refractivity contribution is -0.117. The SMILES string of the molecule is CCN(CC)C(=O)c1cccc(NC(=O)[C@H]2CCCN2)c1. The number of rotatable bonds is 5. The van der Waals surface area contributed by atoms with Crippen LogP contribution in [0, 0.1) is 0 Å². The minimum Gasteiger partial charge on any atom is -0.339 e. The van der Waals surface area contributed by atoms with E-state index >= 15 is 0 Å². The minimum atomic E-state index is -0.118. The summed E-state index contributed by atoms with van der Waals surface area (Å²) >= 11 is 0. The van der Waals surface area contributed by atoms with Crippen molar-refractivity contribution >= 4 is 17.5 Å². The van der Waals surface area contributed by atoms with E-state index in [9.17, 15) is 9.59 Å². The van der Waals surface area contributed by atoms with Gasteiger partial charge in [-0.05, 0) is 51.4 Å². The molecule has 1 aromatic rings. The van der Waals surface area contributed by atoms with Gasteiger partial charge in [0.15, 0.2) is 0 Å². The van der Waals surface area contributed by atoms with Crippen LogP contribution in [-0.2, 0) is 4.79 Å². The van der Waals surface area contributed by atoms with E-state index in [1.165, 1.54) is 0 Å². The van der Waals surface area contributed by atoms with Crippen LogP contribution >= 0.6 is 0 Å². The van der Waals surface area contributed by atoms with Crippen molar-refractivity contribution in [3.05, 3.63) is 29.8 Å². The predicted octanol–water partition coefficient (Wildman–Crippen LogP) is 1.86. The van der Waals surface area contributed by atoms with Crippen molar-refractivity contribution < 1.29 is 9.59 Å². The Bertz CT molecular complexity index is 506. The summed E-state index contributed by atoms with van der Waals surface area (Å²) in [6.45, 7) is 6.16. The summed E-state index contributed by atoms with van der Waals surface area (Å²) < 4.78 is 0. The molecule has 0 radical (unpaired) electrons. The highest BCUT2D eigenvalue weighted by Crippen LogP contribution is 2.14. The number of nitrogens with one attached hydrogen (secondary N) is 2. The van der Waals surface area contributed by atoms with E-state index in [1.807, 2.05) is 19.9 Å². The Morgan fingerprint density at radius 3 is 2.71 bits per heavy atom. The highest BCUT2D eigenvalue weighted by atomic mass is 16.2. The van der Waals surface area contributed by atoms with E-state index in [0.717, 1.165) is 19.4 Å². The standard InChI is InChI=1S/C16H23N3O2/c1-3-19(4-2)16(21)12-7-5-8-13(11-12)18-15(20)14-9-6-10-17-14/h5,7-8,11,14,17H,3-4,6,9-10H2,1-2H3,(H,18,20)/t14-/m1/s1. The third-order valence-electron chi connectivity index (χ3n) is 3.80. The second-order valence-electron chi connectivity index (χ2n) is 5.20. The summed E-state index contributed by atoms with van der Waals surface area (Å²) in [4.78, 5) is 26.1. The van der Waals surface area contributed by atoms with E-state index in [2.05, 4.69) is 10.6 Å². The van der Waals surface area contributed by atoms with E-state index < -0.39 is 0 Å². The van der Waals surface area contributed by atoms with Gasteiger partial charge in [0, 0.05) is 24.3 Å². The van der Waals surface area contributed by atoms with Crippen LogP contribution < -0.4 is 10.6 Å². The quantitative estimate of drug-likeness (QED) is 0.870. The molecule has 2 rings (SSSR count). The minimum absolute atomic E-state index is 0.00455. The Morgan fingerprint density at radius 2 is 2.10 bits per heavy atom. The first-order valence-electron chi connectivity index (χ1n) is 7.59. The largest absolute Gasteiger partial charge is 0.339 e. The Balaban J connectivity index is 2.06. The molecule has 5 heteroatoms. The highest BCUT2D eigenvalue weighted by molar-refractivity contribution is 5.98. The molecule has 0 bridgehead atoms. The molecule has 0 aromatic heterocycles. The molecule has 1 saturated heterocycles. The van der Waals surface area contributed by atoms with Gasteiger partial charge in [-0.1, -0.05) is 6.07 Å². The van der Waals surface area contributed by atoms with E-state index in [1.54, 1.807) is 23.1 Å². The fourth-order valence-corrected chi connectivity index (χ4v) is 2.56. The van der Waals surface area contributed by atoms with Crippen LogP contribution in [0.3, 0.4) is 0 Å². The van der Waals surface area contributed by atoms with Crippen LogP contribution in [0.5, 0.6) is 0 Å². The Hall–Kier alpha value is -1.88. The normalized spacial score (nSPS) is 17.5. The fourth-order valence-electron chi connectivity index (χ4n) is 2.56. The number of hydrogen-bond donors (Lipinski definition) is 2. The summed E-state index contributed by atoms with van der Waals surface area (Å²) in [5, 5.41) is 6.05. The monoisotopic (exact) mass is 289 g/mol. The van der Waals surface area contributed by atoms with Gasteiger partial charge in [0.1, 0.15) is 0 Å². The van der Waals surface area contributed by atoms with Gasteiger partial charge in [-0.2, -0.15) is 0 Å². The van der Waals surface area contributed by atoms with Crippen molar-refractivity contribution in [1.29, 1.82) is 0 Å². The predicted molar refractivity (Wildman–Crippen MR) is 83.3 cm³/mol. The third-order valence-corrected chi connectivity index (χ3v) is 3.80. The lowest BCUT2D eigenvalue weighted by Crippen LogP contribution is -2.35. The van der Waals surface area contributed by atoms with Crippen molar-refractivity contribution in [2.75, 3.05) is 25.0 Å². The first-order chi connectivity index (χ1) is 10.2. The molecule has 1 aliphatic rings. The van der Waals surface area contributed by atoms with Gasteiger partial charge in [-0.3, -0.25) is 9.59 Å². The van der Waals surface area contributed by atoms with Gasteiger partial charge in [0.05, 0.1) is 6.04 Å². The summed E-state index contributed by atoms with van der Waals surface area (Å²) in [6.07, 6.45) is 1.89. The maximum Gasteiger partial charge on any atom is 0.253 e. The third kappa shape index (κ3) is 3.82. The van der Waals surface area contributed by atoms with E-state index in [0.29, 0.717) is 24.3 Å². The number of benzene rings is 1. The molecule has 0 unspecified atom stereocenters. The average Bonchev–Trinajstić information content (AvgIpc) is 3.03. The molecule has 1 atom stereocenters. The lowest BCUT2D eigenvalue weighted by atomic mass is 10.1. The number of carbonyl (C=O) groups excluding carboxylic acids is 2. The molecule has 1 heterocycles. The second-order valence-corrected chi connectivity index (χ2v) is 5.20. The number of carbonyl (C=O) groups is 2. The Kier molecular flexibility index (Phi) is 5.33. The molecule has 2 N–H and O–H groups in total. The van der Waals surface area contributed by atoms with Gasteiger partial charge in [0.25, 0.3) is 5.91 Å². The maximum absolute atomic E-state index is 12.3. The topological polar surface area (TPSA) is 61.4 Å². The lowest BCUT2D eigenvalue weighted by Gasteiger charge is -2.19. The number of amides is 2. The molecular formula is C16H23N3O2. The average molecular weight is 289 g/mol. The van der Waals surface area contributed by atoms with Gasteiger partial charge in [-0.15, -0.1) is 0 Å². The van der Waals surface area contributed by atoms with Crippen molar-refractivity contribution in [2.45, 2.75) is 32.7 Å². The van der Waals surface area contributed by atoms with Crippen LogP contribution in [-0.4, -0.2) is 42.4 Å². The maximum atomic E-state index is 12.3. The van der Waals surface area contributed by atoms with E-state index in [-0.39, 0.29) is 17.9 Å². The van der Waals surface area contributed by atoms with Crippen molar-refractivity contribution in [3.63, 3.8) is 0 Å². The fraction of sp³-hybridized carbons (Fsp3) is 0.500.